The van der Waals surface area contributed by atoms with Crippen molar-refractivity contribution in [3.05, 3.63) is 74.6 Å². The minimum atomic E-state index is -4.18. The van der Waals surface area contributed by atoms with Crippen LogP contribution in [-0.4, -0.2) is 17.8 Å². The van der Waals surface area contributed by atoms with Gasteiger partial charge in [0.1, 0.15) is 10.6 Å². The van der Waals surface area contributed by atoms with E-state index in [-0.39, 0.29) is 26.5 Å². The van der Waals surface area contributed by atoms with Crippen molar-refractivity contribution in [2.75, 3.05) is 4.72 Å². The van der Waals surface area contributed by atoms with E-state index in [4.69, 9.17) is 23.2 Å². The highest BCUT2D eigenvalue weighted by Crippen LogP contribution is 2.32. The number of hydrogen-bond acceptors (Lipinski definition) is 3. The highest BCUT2D eigenvalue weighted by Gasteiger charge is 2.28. The van der Waals surface area contributed by atoms with Crippen molar-refractivity contribution in [1.29, 1.82) is 0 Å². The molecule has 0 saturated carbocycles. The van der Waals surface area contributed by atoms with Gasteiger partial charge < -0.3 is 0 Å². The molecule has 3 rings (SSSR count). The number of halogens is 2. The van der Waals surface area contributed by atoms with Crippen LogP contribution in [0.3, 0.4) is 0 Å². The lowest BCUT2D eigenvalue weighted by atomic mass is 10.1. The Morgan fingerprint density at radius 3 is 2.07 bits per heavy atom. The zero-order valence-electron chi connectivity index (χ0n) is 15.5. The van der Waals surface area contributed by atoms with Gasteiger partial charge in [0, 0.05) is 7.05 Å². The average Bonchev–Trinajstić information content (AvgIpc) is 2.85. The van der Waals surface area contributed by atoms with Gasteiger partial charge in [0.15, 0.2) is 0 Å². The maximum Gasteiger partial charge on any atom is 0.296 e. The van der Waals surface area contributed by atoms with Crippen molar-refractivity contribution in [1.82, 2.24) is 9.36 Å². The molecule has 0 spiro atoms. The van der Waals surface area contributed by atoms with Crippen LogP contribution in [0, 0.1) is 0 Å². The molecule has 0 atom stereocenters. The lowest BCUT2D eigenvalue weighted by Crippen LogP contribution is -2.23. The second-order valence-corrected chi connectivity index (χ2v) is 8.98. The van der Waals surface area contributed by atoms with Gasteiger partial charge in [-0.1, -0.05) is 61.3 Å². The molecular weight excluding hydrogens is 421 g/mol. The highest BCUT2D eigenvalue weighted by molar-refractivity contribution is 7.93. The Morgan fingerprint density at radius 1 is 0.964 bits per heavy atom. The molecule has 0 aliphatic carbocycles. The number of rotatable bonds is 5. The molecule has 148 valence electrons. The lowest BCUT2D eigenvalue weighted by molar-refractivity contribution is 0.594. The molecule has 0 aliphatic rings. The summed E-state index contributed by atoms with van der Waals surface area (Å²) in [6, 6.07) is 13.4. The Balaban J connectivity index is 2.22. The van der Waals surface area contributed by atoms with Crippen molar-refractivity contribution in [2.24, 2.45) is 7.05 Å². The van der Waals surface area contributed by atoms with Crippen molar-refractivity contribution in [3.8, 4) is 5.69 Å². The van der Waals surface area contributed by atoms with E-state index in [0.717, 1.165) is 0 Å². The quantitative estimate of drug-likeness (QED) is 0.639. The van der Waals surface area contributed by atoms with E-state index in [0.29, 0.717) is 11.4 Å². The van der Waals surface area contributed by atoms with Crippen LogP contribution in [0.5, 0.6) is 0 Å². The Kier molecular flexibility index (Phi) is 5.61. The predicted molar refractivity (Wildman–Crippen MR) is 112 cm³/mol. The molecule has 0 fully saturated rings. The molecule has 0 radical (unpaired) electrons. The van der Waals surface area contributed by atoms with Crippen LogP contribution in [0.15, 0.2) is 58.2 Å². The van der Waals surface area contributed by atoms with Crippen LogP contribution in [0.25, 0.3) is 5.69 Å². The first-order valence-corrected chi connectivity index (χ1v) is 10.7. The summed E-state index contributed by atoms with van der Waals surface area (Å²) in [5.74, 6) is -0.123. The van der Waals surface area contributed by atoms with Gasteiger partial charge in [-0.25, -0.2) is 13.1 Å². The van der Waals surface area contributed by atoms with E-state index >= 15 is 0 Å². The van der Waals surface area contributed by atoms with E-state index in [1.807, 2.05) is 19.9 Å². The SMILES string of the molecule is CC(C)c1c(NS(=O)(=O)c2c(Cl)cccc2Cl)c(=O)n(-c2ccccc2)n1C. The lowest BCUT2D eigenvalue weighted by Gasteiger charge is -2.14. The number of para-hydroxylation sites is 1. The first-order chi connectivity index (χ1) is 13.1. The zero-order valence-corrected chi connectivity index (χ0v) is 17.8. The third-order valence-electron chi connectivity index (χ3n) is 4.28. The molecule has 9 heteroatoms. The Morgan fingerprint density at radius 2 is 1.54 bits per heavy atom. The van der Waals surface area contributed by atoms with Crippen LogP contribution >= 0.6 is 23.2 Å². The van der Waals surface area contributed by atoms with Gasteiger partial charge in [0.25, 0.3) is 15.6 Å². The molecular formula is C19H19Cl2N3O3S. The second kappa shape index (κ2) is 7.66. The summed E-state index contributed by atoms with van der Waals surface area (Å²) in [5.41, 5.74) is 0.653. The van der Waals surface area contributed by atoms with Gasteiger partial charge in [-0.3, -0.25) is 14.2 Å². The van der Waals surface area contributed by atoms with E-state index in [1.54, 1.807) is 42.1 Å². The number of aromatic nitrogens is 2. The molecule has 0 unspecified atom stereocenters. The van der Waals surface area contributed by atoms with E-state index < -0.39 is 15.6 Å². The third-order valence-corrected chi connectivity index (χ3v) is 6.59. The summed E-state index contributed by atoms with van der Waals surface area (Å²) in [6.45, 7) is 3.76. The third kappa shape index (κ3) is 3.57. The minimum absolute atomic E-state index is 0.0228. The summed E-state index contributed by atoms with van der Waals surface area (Å²) >= 11 is 12.1. The summed E-state index contributed by atoms with van der Waals surface area (Å²) in [6.07, 6.45) is 0. The van der Waals surface area contributed by atoms with Crippen molar-refractivity contribution >= 4 is 38.9 Å². The molecule has 0 aliphatic heterocycles. The maximum absolute atomic E-state index is 13.1. The molecule has 2 aromatic carbocycles. The summed E-state index contributed by atoms with van der Waals surface area (Å²) in [5, 5.41) is -0.0455. The van der Waals surface area contributed by atoms with E-state index in [1.165, 1.54) is 16.8 Å². The molecule has 1 aromatic heterocycles. The van der Waals surface area contributed by atoms with E-state index in [2.05, 4.69) is 4.72 Å². The summed E-state index contributed by atoms with van der Waals surface area (Å²) < 4.78 is 31.5. The number of benzene rings is 2. The summed E-state index contributed by atoms with van der Waals surface area (Å²) in [7, 11) is -2.47. The number of anilines is 1. The van der Waals surface area contributed by atoms with Crippen molar-refractivity contribution in [2.45, 2.75) is 24.7 Å². The largest absolute Gasteiger partial charge is 0.296 e. The predicted octanol–water partition coefficient (Wildman–Crippen LogP) is 4.41. The molecule has 28 heavy (non-hydrogen) atoms. The fourth-order valence-electron chi connectivity index (χ4n) is 3.16. The fraction of sp³-hybridized carbons (Fsp3) is 0.211. The van der Waals surface area contributed by atoms with Crippen LogP contribution in [0.1, 0.15) is 25.5 Å². The number of hydrogen-bond donors (Lipinski definition) is 1. The van der Waals surface area contributed by atoms with Crippen molar-refractivity contribution in [3.63, 3.8) is 0 Å². The van der Waals surface area contributed by atoms with E-state index in [9.17, 15) is 13.2 Å². The fourth-order valence-corrected chi connectivity index (χ4v) is 5.38. The molecule has 1 heterocycles. The summed E-state index contributed by atoms with van der Waals surface area (Å²) in [4.78, 5) is 12.9. The smallest absolute Gasteiger partial charge is 0.283 e. The van der Waals surface area contributed by atoms with Gasteiger partial charge in [-0.15, -0.1) is 0 Å². The van der Waals surface area contributed by atoms with Gasteiger partial charge in [0.05, 0.1) is 21.4 Å². The normalized spacial score (nSPS) is 11.8. The number of nitrogens with one attached hydrogen (secondary N) is 1. The van der Waals surface area contributed by atoms with Crippen LogP contribution in [0.4, 0.5) is 5.69 Å². The number of nitrogens with zero attached hydrogens (tertiary/aromatic N) is 2. The van der Waals surface area contributed by atoms with Crippen LogP contribution < -0.4 is 10.3 Å². The molecule has 0 saturated heterocycles. The Hall–Kier alpha value is -2.22. The molecule has 6 nitrogen and oxygen atoms in total. The Labute approximate surface area is 173 Å². The first kappa shape index (κ1) is 20.5. The van der Waals surface area contributed by atoms with Crippen molar-refractivity contribution < 1.29 is 8.42 Å². The van der Waals surface area contributed by atoms with Gasteiger partial charge >= 0.3 is 0 Å². The number of sulfonamides is 1. The standard InChI is InChI=1S/C19H19Cl2N3O3S/c1-12(2)17-16(19(25)24(23(17)3)13-8-5-4-6-9-13)22-28(26,27)18-14(20)10-7-11-15(18)21/h4-12,22H,1-3H3. The topological polar surface area (TPSA) is 73.1 Å². The van der Waals surface area contributed by atoms with Crippen LogP contribution in [0.2, 0.25) is 10.0 Å². The monoisotopic (exact) mass is 439 g/mol. The van der Waals surface area contributed by atoms with Gasteiger partial charge in [0.2, 0.25) is 0 Å². The maximum atomic E-state index is 13.1. The van der Waals surface area contributed by atoms with Gasteiger partial charge in [-0.05, 0) is 30.2 Å². The highest BCUT2D eigenvalue weighted by atomic mass is 35.5. The average molecular weight is 440 g/mol. The zero-order chi connectivity index (χ0) is 20.6. The second-order valence-electron chi connectivity index (χ2n) is 6.55. The van der Waals surface area contributed by atoms with Gasteiger partial charge in [-0.2, -0.15) is 0 Å². The molecule has 1 N–H and O–H groups in total. The minimum Gasteiger partial charge on any atom is -0.283 e. The Bertz CT molecular complexity index is 1160. The van der Waals surface area contributed by atoms with Crippen LogP contribution in [-0.2, 0) is 17.1 Å². The molecule has 0 bridgehead atoms. The molecule has 0 amide bonds. The first-order valence-electron chi connectivity index (χ1n) is 8.49. The molecule has 3 aromatic rings.